The summed E-state index contributed by atoms with van der Waals surface area (Å²) in [6, 6.07) is 2.64. The summed E-state index contributed by atoms with van der Waals surface area (Å²) < 4.78 is 33.9. The van der Waals surface area contributed by atoms with Crippen LogP contribution in [0, 0.1) is 12.7 Å². The number of halogens is 1. The number of aryl methyl sites for hydroxylation is 1. The van der Waals surface area contributed by atoms with Crippen molar-refractivity contribution in [3.8, 4) is 11.4 Å². The van der Waals surface area contributed by atoms with Gasteiger partial charge in [-0.25, -0.2) is 14.2 Å². The molecule has 0 bridgehead atoms. The summed E-state index contributed by atoms with van der Waals surface area (Å²) in [6.07, 6.45) is 5.31. The average Bonchev–Trinajstić information content (AvgIpc) is 3.28. The summed E-state index contributed by atoms with van der Waals surface area (Å²) in [5.41, 5.74) is 2.39. The SMILES string of the molecule is CC[C@@]1(O)C(=O)OCc2c1cc1n(c2=O)Cc2c-1nc1cc(F)c(C)c3c1c2[C@@H](NC(=O)CCC[SH](C)(C)=O)CC3. The van der Waals surface area contributed by atoms with E-state index in [1.54, 1.807) is 37.0 Å². The Bertz CT molecular complexity index is 1780. The third-order valence-electron chi connectivity index (χ3n) is 8.81. The average molecular weight is 584 g/mol. The molecule has 9 nitrogen and oxygen atoms in total. The highest BCUT2D eigenvalue weighted by molar-refractivity contribution is 8.01. The van der Waals surface area contributed by atoms with Crippen molar-refractivity contribution in [1.29, 1.82) is 0 Å². The lowest BCUT2D eigenvalue weighted by molar-refractivity contribution is -0.172. The van der Waals surface area contributed by atoms with Crippen molar-refractivity contribution in [2.75, 3.05) is 18.3 Å². The van der Waals surface area contributed by atoms with Gasteiger partial charge in [-0.05, 0) is 67.9 Å². The first-order valence-electron chi connectivity index (χ1n) is 14.0. The number of hydrogen-bond donors (Lipinski definition) is 3. The molecule has 0 unspecified atom stereocenters. The van der Waals surface area contributed by atoms with E-state index in [0.717, 1.165) is 22.1 Å². The molecule has 0 saturated carbocycles. The third-order valence-corrected chi connectivity index (χ3v) is 10.2. The molecule has 2 aliphatic heterocycles. The smallest absolute Gasteiger partial charge is 0.343 e. The van der Waals surface area contributed by atoms with Crippen molar-refractivity contribution < 1.29 is 28.0 Å². The summed E-state index contributed by atoms with van der Waals surface area (Å²) in [5.74, 6) is -0.846. The first kappa shape index (κ1) is 27.7. The number of aliphatic hydroxyl groups is 1. The molecule has 3 aliphatic rings. The van der Waals surface area contributed by atoms with Crippen LogP contribution in [-0.2, 0) is 49.4 Å². The van der Waals surface area contributed by atoms with Gasteiger partial charge in [0, 0.05) is 34.8 Å². The predicted octanol–water partition coefficient (Wildman–Crippen LogP) is 2.69. The molecule has 1 aliphatic carbocycles. The van der Waals surface area contributed by atoms with Gasteiger partial charge in [-0.2, -0.15) is 0 Å². The van der Waals surface area contributed by atoms with E-state index < -0.39 is 21.5 Å². The van der Waals surface area contributed by atoms with Crippen molar-refractivity contribution in [3.63, 3.8) is 0 Å². The maximum absolute atomic E-state index is 15.0. The molecule has 2 atom stereocenters. The number of esters is 1. The minimum Gasteiger partial charge on any atom is -0.458 e. The number of nitrogens with one attached hydrogen (secondary N) is 1. The second-order valence-corrected chi connectivity index (χ2v) is 15.5. The van der Waals surface area contributed by atoms with Crippen LogP contribution < -0.4 is 10.9 Å². The zero-order valence-corrected chi connectivity index (χ0v) is 24.5. The molecule has 0 fully saturated rings. The molecule has 0 saturated heterocycles. The van der Waals surface area contributed by atoms with E-state index in [9.17, 15) is 23.7 Å². The maximum Gasteiger partial charge on any atom is 0.343 e. The highest BCUT2D eigenvalue weighted by atomic mass is 32.2. The zero-order chi connectivity index (χ0) is 29.4. The number of pyridine rings is 2. The molecule has 41 heavy (non-hydrogen) atoms. The van der Waals surface area contributed by atoms with E-state index in [1.165, 1.54) is 6.07 Å². The summed E-state index contributed by atoms with van der Waals surface area (Å²) >= 11 is 0. The lowest BCUT2D eigenvalue weighted by Crippen LogP contribution is -2.44. The maximum atomic E-state index is 15.0. The molecule has 11 heteroatoms. The standard InChI is InChI=1S/C30H34FN3O6S/c1-5-30(38)19-11-23-27-17(13-34(23)28(36)18(19)14-40-29(30)37)26-21(32-24(35)7-6-10-41(3,4)39)9-8-16-15(2)20(31)12-22(33-27)25(16)26/h11-12,21,38,41H,5-10,13-14H2,1-4H3,(H,32,35)/t21-,30-/m0/s1. The van der Waals surface area contributed by atoms with Gasteiger partial charge in [0.15, 0.2) is 5.60 Å². The number of rotatable bonds is 6. The van der Waals surface area contributed by atoms with Gasteiger partial charge in [0.2, 0.25) is 5.91 Å². The highest BCUT2D eigenvalue weighted by Gasteiger charge is 2.46. The number of thiol groups is 1. The third kappa shape index (κ3) is 4.32. The van der Waals surface area contributed by atoms with Crippen LogP contribution in [0.1, 0.15) is 72.0 Å². The van der Waals surface area contributed by atoms with Gasteiger partial charge in [0.25, 0.3) is 5.56 Å². The van der Waals surface area contributed by atoms with Crippen LogP contribution >= 0.6 is 0 Å². The summed E-state index contributed by atoms with van der Waals surface area (Å²) in [5, 5.41) is 15.1. The molecule has 0 radical (unpaired) electrons. The van der Waals surface area contributed by atoms with E-state index in [2.05, 4.69) is 5.32 Å². The lowest BCUT2D eigenvalue weighted by Gasteiger charge is -2.31. The number of cyclic esters (lactones) is 1. The minimum atomic E-state index is -2.23. The first-order valence-corrected chi connectivity index (χ1v) is 16.8. The van der Waals surface area contributed by atoms with Gasteiger partial charge in [0.1, 0.15) is 12.4 Å². The van der Waals surface area contributed by atoms with Gasteiger partial charge >= 0.3 is 5.97 Å². The molecule has 1 aromatic carbocycles. The van der Waals surface area contributed by atoms with Crippen LogP contribution in [-0.4, -0.2) is 49.0 Å². The number of carbonyl (C=O) groups excluding carboxylic acids is 2. The first-order chi connectivity index (χ1) is 19.3. The Morgan fingerprint density at radius 1 is 1.27 bits per heavy atom. The van der Waals surface area contributed by atoms with Crippen LogP contribution in [0.15, 0.2) is 16.9 Å². The number of nitrogens with zero attached hydrogens (tertiary/aromatic N) is 2. The molecule has 0 spiro atoms. The van der Waals surface area contributed by atoms with Gasteiger partial charge < -0.3 is 19.7 Å². The van der Waals surface area contributed by atoms with Crippen molar-refractivity contribution in [2.45, 2.75) is 70.7 Å². The fourth-order valence-corrected chi connectivity index (χ4v) is 7.51. The van der Waals surface area contributed by atoms with Crippen molar-refractivity contribution in [1.82, 2.24) is 14.9 Å². The molecular formula is C30H34FN3O6S. The monoisotopic (exact) mass is 583 g/mol. The number of aromatic nitrogens is 2. The van der Waals surface area contributed by atoms with E-state index in [4.69, 9.17) is 9.72 Å². The Balaban J connectivity index is 1.51. The molecule has 4 heterocycles. The van der Waals surface area contributed by atoms with E-state index in [0.29, 0.717) is 47.5 Å². The van der Waals surface area contributed by atoms with Gasteiger partial charge in [0.05, 0.1) is 35.1 Å². The second kappa shape index (κ2) is 9.55. The van der Waals surface area contributed by atoms with Crippen molar-refractivity contribution in [2.24, 2.45) is 0 Å². The number of amides is 1. The Labute approximate surface area is 237 Å². The molecule has 218 valence electrons. The topological polar surface area (TPSA) is 128 Å². The van der Waals surface area contributed by atoms with Crippen molar-refractivity contribution >= 4 is 32.7 Å². The van der Waals surface area contributed by atoms with Crippen LogP contribution in [0.4, 0.5) is 4.39 Å². The summed E-state index contributed by atoms with van der Waals surface area (Å²) in [7, 11) is -2.23. The highest BCUT2D eigenvalue weighted by Crippen LogP contribution is 2.46. The fraction of sp³-hybridized carbons (Fsp3) is 0.467. The van der Waals surface area contributed by atoms with E-state index in [-0.39, 0.29) is 60.4 Å². The van der Waals surface area contributed by atoms with Crippen LogP contribution in [0.2, 0.25) is 0 Å². The molecule has 6 rings (SSSR count). The van der Waals surface area contributed by atoms with E-state index in [1.807, 2.05) is 0 Å². The van der Waals surface area contributed by atoms with Crippen molar-refractivity contribution in [3.05, 3.63) is 61.7 Å². The number of hydrogen-bond acceptors (Lipinski definition) is 7. The number of benzene rings is 1. The molecule has 3 aromatic rings. The Kier molecular flexibility index (Phi) is 6.46. The minimum absolute atomic E-state index is 0.0262. The van der Waals surface area contributed by atoms with Gasteiger partial charge in [-0.1, -0.05) is 6.92 Å². The predicted molar refractivity (Wildman–Crippen MR) is 154 cm³/mol. The van der Waals surface area contributed by atoms with Gasteiger partial charge in [-0.15, -0.1) is 9.93 Å². The zero-order valence-electron chi connectivity index (χ0n) is 23.6. The molecule has 2 N–H and O–H groups in total. The number of ether oxygens (including phenoxy) is 1. The Morgan fingerprint density at radius 3 is 2.73 bits per heavy atom. The molecule has 1 amide bonds. The van der Waals surface area contributed by atoms with Crippen LogP contribution in [0.5, 0.6) is 0 Å². The Morgan fingerprint density at radius 2 is 2.02 bits per heavy atom. The number of carbonyl (C=O) groups is 2. The summed E-state index contributed by atoms with van der Waals surface area (Å²) in [4.78, 5) is 44.1. The van der Waals surface area contributed by atoms with Gasteiger partial charge in [-0.3, -0.25) is 13.8 Å². The lowest BCUT2D eigenvalue weighted by atomic mass is 9.81. The Hall–Kier alpha value is -3.44. The normalized spacial score (nSPS) is 21.2. The van der Waals surface area contributed by atoms with E-state index >= 15 is 4.39 Å². The quantitative estimate of drug-likeness (QED) is 0.235. The fourth-order valence-electron chi connectivity index (χ4n) is 6.59. The van der Waals surface area contributed by atoms with Crippen LogP contribution in [0.3, 0.4) is 0 Å². The second-order valence-electron chi connectivity index (χ2n) is 11.9. The molecular weight excluding hydrogens is 549 g/mol. The van der Waals surface area contributed by atoms with Crippen LogP contribution in [0.25, 0.3) is 22.3 Å². The number of fused-ring (bicyclic) bond motifs is 5. The largest absolute Gasteiger partial charge is 0.458 e. The summed E-state index contributed by atoms with van der Waals surface area (Å²) in [6.45, 7) is 3.34. The molecule has 2 aromatic heterocycles.